The fourth-order valence-corrected chi connectivity index (χ4v) is 5.62. The number of hydrogen-bond donors (Lipinski definition) is 3. The summed E-state index contributed by atoms with van der Waals surface area (Å²) in [5.41, 5.74) is 6.92. The first-order valence-electron chi connectivity index (χ1n) is 16.5. The Bertz CT molecular complexity index is 1460. The highest BCUT2D eigenvalue weighted by atomic mass is 16.6. The van der Waals surface area contributed by atoms with E-state index in [4.69, 9.17) is 15.2 Å². The van der Waals surface area contributed by atoms with Crippen LogP contribution in [0.4, 0.5) is 4.79 Å². The van der Waals surface area contributed by atoms with Gasteiger partial charge in [0.2, 0.25) is 17.7 Å². The molecule has 11 heteroatoms. The molecule has 0 radical (unpaired) electrons. The zero-order valence-electron chi connectivity index (χ0n) is 29.7. The van der Waals surface area contributed by atoms with Gasteiger partial charge in [0.15, 0.2) is 0 Å². The number of hydrogen-bond acceptors (Lipinski definition) is 7. The zero-order chi connectivity index (χ0) is 36.0. The number of amides is 4. The van der Waals surface area contributed by atoms with Gasteiger partial charge in [0.05, 0.1) is 0 Å². The monoisotopic (exact) mass is 664 g/mol. The van der Waals surface area contributed by atoms with Crippen molar-refractivity contribution in [2.45, 2.75) is 123 Å². The summed E-state index contributed by atoms with van der Waals surface area (Å²) in [6.45, 7) is 16.1. The maximum absolute atomic E-state index is 14.6. The minimum atomic E-state index is -1.22. The number of alkyl carbamates (subject to hydrolysis) is 1. The molecule has 3 rings (SSSR count). The van der Waals surface area contributed by atoms with Crippen LogP contribution in [0.3, 0.4) is 0 Å². The first-order valence-corrected chi connectivity index (χ1v) is 16.5. The van der Waals surface area contributed by atoms with Crippen molar-refractivity contribution in [3.05, 3.63) is 70.8 Å². The predicted molar refractivity (Wildman–Crippen MR) is 183 cm³/mol. The third kappa shape index (κ3) is 11.7. The van der Waals surface area contributed by atoms with Crippen LogP contribution in [0.1, 0.15) is 96.0 Å². The van der Waals surface area contributed by atoms with E-state index in [9.17, 15) is 24.0 Å². The molecule has 0 saturated heterocycles. The number of benzene rings is 2. The molecule has 2 aromatic carbocycles. The van der Waals surface area contributed by atoms with Gasteiger partial charge in [-0.25, -0.2) is 9.59 Å². The third-order valence-corrected chi connectivity index (χ3v) is 7.72. The largest absolute Gasteiger partial charge is 0.458 e. The van der Waals surface area contributed by atoms with E-state index in [1.165, 1.54) is 4.90 Å². The molecule has 0 bridgehead atoms. The number of rotatable bonds is 13. The van der Waals surface area contributed by atoms with Gasteiger partial charge in [-0.1, -0.05) is 66.6 Å². The Morgan fingerprint density at radius 2 is 1.44 bits per heavy atom. The Kier molecular flexibility index (Phi) is 12.4. The lowest BCUT2D eigenvalue weighted by Gasteiger charge is -2.36. The van der Waals surface area contributed by atoms with Crippen LogP contribution in [-0.4, -0.2) is 64.0 Å². The van der Waals surface area contributed by atoms with E-state index in [0.717, 1.165) is 16.7 Å². The number of carbonyl (C=O) groups excluding carboxylic acids is 5. The molecule has 11 nitrogen and oxygen atoms in total. The molecular weight excluding hydrogens is 612 g/mol. The summed E-state index contributed by atoms with van der Waals surface area (Å²) >= 11 is 0. The number of nitrogens with one attached hydrogen (secondary N) is 2. The maximum Gasteiger partial charge on any atom is 0.408 e. The first-order chi connectivity index (χ1) is 22.2. The molecule has 1 aliphatic rings. The smallest absolute Gasteiger partial charge is 0.408 e. The second-order valence-electron chi connectivity index (χ2n) is 14.8. The molecule has 4 N–H and O–H groups in total. The lowest BCUT2D eigenvalue weighted by Crippen LogP contribution is -2.56. The molecule has 1 saturated carbocycles. The van der Waals surface area contributed by atoms with Crippen molar-refractivity contribution < 1.29 is 33.4 Å². The normalized spacial score (nSPS) is 17.7. The van der Waals surface area contributed by atoms with Crippen molar-refractivity contribution in [1.82, 2.24) is 15.5 Å². The quantitative estimate of drug-likeness (QED) is 0.260. The molecule has 0 aromatic heterocycles. The Hall–Kier alpha value is -4.41. The van der Waals surface area contributed by atoms with Gasteiger partial charge in [-0.05, 0) is 85.3 Å². The number of carbonyl (C=O) groups is 5. The molecule has 4 amide bonds. The van der Waals surface area contributed by atoms with Crippen LogP contribution in [0.15, 0.2) is 48.5 Å². The number of ether oxygens (including phenoxy) is 2. The number of aryl methyl sites for hydroxylation is 2. The van der Waals surface area contributed by atoms with Gasteiger partial charge in [0.1, 0.15) is 29.3 Å². The number of primary amides is 1. The Morgan fingerprint density at radius 3 is 1.94 bits per heavy atom. The van der Waals surface area contributed by atoms with Gasteiger partial charge < -0.3 is 30.7 Å². The summed E-state index contributed by atoms with van der Waals surface area (Å²) in [7, 11) is 0. The lowest BCUT2D eigenvalue weighted by molar-refractivity contribution is -0.159. The SMILES string of the molecule is Cc1cc(C)cc(C(C(=O)NC(Cc2ccccc2)C(=O)OC(C)(C)C)N(C(=O)C(CCC(N)=O)NC(=O)OC(C)(C)C)C2CC2C)c1. The topological polar surface area (TPSA) is 157 Å². The standard InChI is InChI=1S/C37H52N4O7/c1-22-17-23(2)19-26(18-22)31(32(43)39-28(34(45)47-36(4,5)6)21-25-13-11-10-12-14-25)41(29-20-24(29)3)33(44)27(15-16-30(38)42)40-35(46)48-37(7,8)9/h10-14,17-19,24,27-29,31H,15-16,20-21H2,1-9H3,(H2,38,42)(H,39,43)(H,40,46). The second-order valence-corrected chi connectivity index (χ2v) is 14.8. The van der Waals surface area contributed by atoms with E-state index in [0.29, 0.717) is 12.0 Å². The van der Waals surface area contributed by atoms with Crippen LogP contribution < -0.4 is 16.4 Å². The van der Waals surface area contributed by atoms with Crippen LogP contribution in [0.2, 0.25) is 0 Å². The molecule has 0 aliphatic heterocycles. The van der Waals surface area contributed by atoms with Gasteiger partial charge in [-0.2, -0.15) is 0 Å². The van der Waals surface area contributed by atoms with E-state index in [1.54, 1.807) is 41.5 Å². The molecule has 1 aliphatic carbocycles. The van der Waals surface area contributed by atoms with E-state index in [1.807, 2.05) is 69.3 Å². The molecule has 48 heavy (non-hydrogen) atoms. The van der Waals surface area contributed by atoms with E-state index in [-0.39, 0.29) is 31.2 Å². The Morgan fingerprint density at radius 1 is 0.875 bits per heavy atom. The average Bonchev–Trinajstić information content (AvgIpc) is 3.66. The predicted octanol–water partition coefficient (Wildman–Crippen LogP) is 4.81. The summed E-state index contributed by atoms with van der Waals surface area (Å²) in [4.78, 5) is 69.0. The molecular formula is C37H52N4O7. The minimum Gasteiger partial charge on any atom is -0.458 e. The third-order valence-electron chi connectivity index (χ3n) is 7.72. The van der Waals surface area contributed by atoms with Crippen molar-refractivity contribution in [3.8, 4) is 0 Å². The van der Waals surface area contributed by atoms with Crippen molar-refractivity contribution >= 4 is 29.8 Å². The molecule has 5 atom stereocenters. The molecule has 0 spiro atoms. The lowest BCUT2D eigenvalue weighted by atomic mass is 9.96. The second kappa shape index (κ2) is 15.7. The Labute approximate surface area is 284 Å². The molecule has 1 fully saturated rings. The zero-order valence-corrected chi connectivity index (χ0v) is 29.7. The fraction of sp³-hybridized carbons (Fsp3) is 0.541. The molecule has 2 aromatic rings. The molecule has 262 valence electrons. The number of nitrogens with zero attached hydrogens (tertiary/aromatic N) is 1. The van der Waals surface area contributed by atoms with E-state index < -0.39 is 59.1 Å². The van der Waals surface area contributed by atoms with Gasteiger partial charge >= 0.3 is 12.1 Å². The van der Waals surface area contributed by atoms with Crippen LogP contribution in [0.25, 0.3) is 0 Å². The summed E-state index contributed by atoms with van der Waals surface area (Å²) in [6.07, 6.45) is -0.334. The van der Waals surface area contributed by atoms with Crippen LogP contribution >= 0.6 is 0 Å². The highest BCUT2D eigenvalue weighted by Gasteiger charge is 2.49. The summed E-state index contributed by atoms with van der Waals surface area (Å²) in [6, 6.07) is 11.1. The summed E-state index contributed by atoms with van der Waals surface area (Å²) in [5.74, 6) is -2.34. The van der Waals surface area contributed by atoms with Gasteiger partial charge in [-0.15, -0.1) is 0 Å². The minimum absolute atomic E-state index is 0.0550. The molecule has 0 heterocycles. The van der Waals surface area contributed by atoms with Gasteiger partial charge in [0, 0.05) is 18.9 Å². The number of nitrogens with two attached hydrogens (primary N) is 1. The van der Waals surface area contributed by atoms with E-state index in [2.05, 4.69) is 10.6 Å². The van der Waals surface area contributed by atoms with Gasteiger partial charge in [-0.3, -0.25) is 14.4 Å². The average molecular weight is 665 g/mol. The van der Waals surface area contributed by atoms with Crippen molar-refractivity contribution in [1.29, 1.82) is 0 Å². The van der Waals surface area contributed by atoms with Crippen LogP contribution in [0, 0.1) is 19.8 Å². The number of esters is 1. The first kappa shape index (κ1) is 38.0. The maximum atomic E-state index is 14.6. The van der Waals surface area contributed by atoms with Crippen molar-refractivity contribution in [2.24, 2.45) is 11.7 Å². The fourth-order valence-electron chi connectivity index (χ4n) is 5.62. The van der Waals surface area contributed by atoms with Crippen molar-refractivity contribution in [3.63, 3.8) is 0 Å². The highest BCUT2D eigenvalue weighted by molar-refractivity contribution is 5.94. The van der Waals surface area contributed by atoms with Gasteiger partial charge in [0.25, 0.3) is 0 Å². The summed E-state index contributed by atoms with van der Waals surface area (Å²) < 4.78 is 11.2. The van der Waals surface area contributed by atoms with E-state index >= 15 is 0 Å². The Balaban J connectivity index is 2.11. The van der Waals surface area contributed by atoms with Crippen LogP contribution in [-0.2, 0) is 35.1 Å². The van der Waals surface area contributed by atoms with Crippen LogP contribution in [0.5, 0.6) is 0 Å². The highest BCUT2D eigenvalue weighted by Crippen LogP contribution is 2.41. The summed E-state index contributed by atoms with van der Waals surface area (Å²) in [5, 5.41) is 5.55. The van der Waals surface area contributed by atoms with Crippen molar-refractivity contribution in [2.75, 3.05) is 0 Å². The molecule has 5 unspecified atom stereocenters.